The second kappa shape index (κ2) is 3.63. The molecule has 2 N–H and O–H groups in total. The number of aryl methyl sites for hydroxylation is 1. The Kier molecular flexibility index (Phi) is 2.11. The average Bonchev–Trinajstić information content (AvgIpc) is 2.71. The Morgan fingerprint density at radius 1 is 1.12 bits per heavy atom. The fourth-order valence-electron chi connectivity index (χ4n) is 2.02. The monoisotopic (exact) mass is 224 g/mol. The van der Waals surface area contributed by atoms with E-state index >= 15 is 0 Å². The van der Waals surface area contributed by atoms with Crippen molar-refractivity contribution >= 4 is 10.9 Å². The molecule has 3 rings (SSSR count). The lowest BCUT2D eigenvalue weighted by Crippen LogP contribution is -1.80. The number of aromatic amines is 1. The summed E-state index contributed by atoms with van der Waals surface area (Å²) in [7, 11) is 0. The molecule has 2 aromatic carbocycles. The molecule has 0 aliphatic heterocycles. The number of nitrogens with zero attached hydrogens (tertiary/aromatic N) is 1. The van der Waals surface area contributed by atoms with Crippen LogP contribution >= 0.6 is 0 Å². The summed E-state index contributed by atoms with van der Waals surface area (Å²) >= 11 is 0. The summed E-state index contributed by atoms with van der Waals surface area (Å²) in [5.41, 5.74) is 4.06. The van der Waals surface area contributed by atoms with Gasteiger partial charge in [0.05, 0.1) is 11.2 Å². The quantitative estimate of drug-likeness (QED) is 0.666. The van der Waals surface area contributed by atoms with Crippen LogP contribution in [0.25, 0.3) is 22.2 Å². The van der Waals surface area contributed by atoms with Gasteiger partial charge in [-0.1, -0.05) is 23.8 Å². The number of benzene rings is 2. The van der Waals surface area contributed by atoms with Crippen molar-refractivity contribution in [2.45, 2.75) is 6.92 Å². The molecule has 0 radical (unpaired) electrons. The van der Waals surface area contributed by atoms with E-state index in [1.54, 1.807) is 12.1 Å². The largest absolute Gasteiger partial charge is 0.508 e. The van der Waals surface area contributed by atoms with E-state index in [9.17, 15) is 5.11 Å². The predicted octanol–water partition coefficient (Wildman–Crippen LogP) is 3.24. The standard InChI is InChI=1S/C14H12N2O/c1-9-3-2-4-10(7-9)14-12-6-5-11(17)8-13(12)15-16-14/h2-8,17H,1H3,(H,15,16). The smallest absolute Gasteiger partial charge is 0.117 e. The number of rotatable bonds is 1. The van der Waals surface area contributed by atoms with Crippen molar-refractivity contribution in [1.29, 1.82) is 0 Å². The van der Waals surface area contributed by atoms with E-state index in [2.05, 4.69) is 29.3 Å². The van der Waals surface area contributed by atoms with Crippen LogP contribution in [0.15, 0.2) is 42.5 Å². The average molecular weight is 224 g/mol. The molecule has 0 spiro atoms. The topological polar surface area (TPSA) is 48.9 Å². The Morgan fingerprint density at radius 3 is 2.82 bits per heavy atom. The van der Waals surface area contributed by atoms with Gasteiger partial charge in [0.15, 0.2) is 0 Å². The van der Waals surface area contributed by atoms with Crippen molar-refractivity contribution in [3.8, 4) is 17.0 Å². The Hall–Kier alpha value is -2.29. The minimum atomic E-state index is 0.247. The lowest BCUT2D eigenvalue weighted by atomic mass is 10.1. The number of H-pyrrole nitrogens is 1. The number of nitrogens with one attached hydrogen (secondary N) is 1. The summed E-state index contributed by atoms with van der Waals surface area (Å²) in [6, 6.07) is 13.5. The molecule has 3 aromatic rings. The maximum Gasteiger partial charge on any atom is 0.117 e. The van der Waals surface area contributed by atoms with Gasteiger partial charge >= 0.3 is 0 Å². The van der Waals surface area contributed by atoms with Crippen LogP contribution in [0.3, 0.4) is 0 Å². The molecule has 0 fully saturated rings. The lowest BCUT2D eigenvalue weighted by Gasteiger charge is -1.99. The Morgan fingerprint density at radius 2 is 2.00 bits per heavy atom. The van der Waals surface area contributed by atoms with Gasteiger partial charge in [-0.2, -0.15) is 5.10 Å². The summed E-state index contributed by atoms with van der Waals surface area (Å²) in [4.78, 5) is 0. The summed E-state index contributed by atoms with van der Waals surface area (Å²) in [6.07, 6.45) is 0. The van der Waals surface area contributed by atoms with Crippen molar-refractivity contribution in [2.24, 2.45) is 0 Å². The van der Waals surface area contributed by atoms with E-state index in [1.165, 1.54) is 5.56 Å². The molecule has 84 valence electrons. The third kappa shape index (κ3) is 1.65. The molecular weight excluding hydrogens is 212 g/mol. The maximum atomic E-state index is 9.41. The lowest BCUT2D eigenvalue weighted by molar-refractivity contribution is 0.476. The molecule has 0 unspecified atom stereocenters. The van der Waals surface area contributed by atoms with Gasteiger partial charge in [-0.3, -0.25) is 5.10 Å². The number of aromatic nitrogens is 2. The molecule has 3 nitrogen and oxygen atoms in total. The molecule has 0 amide bonds. The third-order valence-corrected chi connectivity index (χ3v) is 2.84. The minimum Gasteiger partial charge on any atom is -0.508 e. The Labute approximate surface area is 98.7 Å². The first-order chi connectivity index (χ1) is 8.24. The van der Waals surface area contributed by atoms with Crippen LogP contribution in [0.4, 0.5) is 0 Å². The van der Waals surface area contributed by atoms with Crippen molar-refractivity contribution in [2.75, 3.05) is 0 Å². The van der Waals surface area contributed by atoms with Crippen LogP contribution in [0, 0.1) is 6.92 Å². The van der Waals surface area contributed by atoms with Crippen LogP contribution in [-0.2, 0) is 0 Å². The summed E-state index contributed by atoms with van der Waals surface area (Å²) in [5, 5.41) is 17.7. The van der Waals surface area contributed by atoms with Gasteiger partial charge in [0.2, 0.25) is 0 Å². The van der Waals surface area contributed by atoms with E-state index in [0.717, 1.165) is 22.2 Å². The highest BCUT2D eigenvalue weighted by Crippen LogP contribution is 2.28. The van der Waals surface area contributed by atoms with Gasteiger partial charge in [0.1, 0.15) is 5.75 Å². The fraction of sp³-hybridized carbons (Fsp3) is 0.0714. The van der Waals surface area contributed by atoms with Gasteiger partial charge in [-0.15, -0.1) is 0 Å². The molecule has 0 saturated carbocycles. The Balaban J connectivity index is 2.24. The number of fused-ring (bicyclic) bond motifs is 1. The molecule has 0 saturated heterocycles. The molecule has 0 atom stereocenters. The molecule has 0 aliphatic carbocycles. The first kappa shape index (κ1) is 9.90. The van der Waals surface area contributed by atoms with Crippen molar-refractivity contribution in [1.82, 2.24) is 10.2 Å². The van der Waals surface area contributed by atoms with Crippen molar-refractivity contribution in [3.63, 3.8) is 0 Å². The van der Waals surface area contributed by atoms with E-state index < -0.39 is 0 Å². The molecule has 0 bridgehead atoms. The molecular formula is C14H12N2O. The van der Waals surface area contributed by atoms with E-state index in [4.69, 9.17) is 0 Å². The second-order valence-electron chi connectivity index (χ2n) is 4.17. The summed E-state index contributed by atoms with van der Waals surface area (Å²) in [5.74, 6) is 0.247. The van der Waals surface area contributed by atoms with Crippen LogP contribution in [-0.4, -0.2) is 15.3 Å². The van der Waals surface area contributed by atoms with Crippen LogP contribution in [0.5, 0.6) is 5.75 Å². The van der Waals surface area contributed by atoms with Gasteiger partial charge in [0.25, 0.3) is 0 Å². The number of phenols is 1. The zero-order chi connectivity index (χ0) is 11.8. The predicted molar refractivity (Wildman–Crippen MR) is 67.9 cm³/mol. The van der Waals surface area contributed by atoms with E-state index in [-0.39, 0.29) is 5.75 Å². The normalized spacial score (nSPS) is 10.9. The van der Waals surface area contributed by atoms with Crippen LogP contribution in [0.1, 0.15) is 5.56 Å². The molecule has 0 aliphatic rings. The van der Waals surface area contributed by atoms with Crippen molar-refractivity contribution < 1.29 is 5.11 Å². The Bertz CT molecular complexity index is 686. The first-order valence-corrected chi connectivity index (χ1v) is 5.48. The van der Waals surface area contributed by atoms with Gasteiger partial charge in [-0.05, 0) is 25.1 Å². The number of aromatic hydroxyl groups is 1. The van der Waals surface area contributed by atoms with Crippen LogP contribution < -0.4 is 0 Å². The van der Waals surface area contributed by atoms with Gasteiger partial charge in [-0.25, -0.2) is 0 Å². The summed E-state index contributed by atoms with van der Waals surface area (Å²) in [6.45, 7) is 2.06. The zero-order valence-electron chi connectivity index (χ0n) is 9.44. The first-order valence-electron chi connectivity index (χ1n) is 5.48. The second-order valence-corrected chi connectivity index (χ2v) is 4.17. The van der Waals surface area contributed by atoms with E-state index in [0.29, 0.717) is 0 Å². The third-order valence-electron chi connectivity index (χ3n) is 2.84. The zero-order valence-corrected chi connectivity index (χ0v) is 9.44. The van der Waals surface area contributed by atoms with Gasteiger partial charge < -0.3 is 5.11 Å². The fourth-order valence-corrected chi connectivity index (χ4v) is 2.02. The molecule has 1 aromatic heterocycles. The molecule has 3 heteroatoms. The number of phenolic OH excluding ortho intramolecular Hbond substituents is 1. The number of hydrogen-bond donors (Lipinski definition) is 2. The van der Waals surface area contributed by atoms with Crippen molar-refractivity contribution in [3.05, 3.63) is 48.0 Å². The minimum absolute atomic E-state index is 0.247. The van der Waals surface area contributed by atoms with E-state index in [1.807, 2.05) is 18.2 Å². The maximum absolute atomic E-state index is 9.41. The number of hydrogen-bond acceptors (Lipinski definition) is 2. The molecule has 1 heterocycles. The highest BCUT2D eigenvalue weighted by molar-refractivity contribution is 5.93. The summed E-state index contributed by atoms with van der Waals surface area (Å²) < 4.78 is 0. The molecule has 17 heavy (non-hydrogen) atoms. The van der Waals surface area contributed by atoms with Gasteiger partial charge in [0, 0.05) is 17.0 Å². The highest BCUT2D eigenvalue weighted by atomic mass is 16.3. The SMILES string of the molecule is Cc1cccc(-c2n[nH]c3cc(O)ccc23)c1. The highest BCUT2D eigenvalue weighted by Gasteiger charge is 2.08. The van der Waals surface area contributed by atoms with Crippen LogP contribution in [0.2, 0.25) is 0 Å².